The molecule has 10 aromatic rings. The molecular weight excluding hydrogens is 791 g/mol. The number of thiophene rings is 1. The molecule has 0 radical (unpaired) electrons. The van der Waals surface area contributed by atoms with Crippen molar-refractivity contribution in [2.24, 2.45) is 29.1 Å². The van der Waals surface area contributed by atoms with Gasteiger partial charge in [-0.1, -0.05) is 158 Å². The Morgan fingerprint density at radius 1 is 0.438 bits per heavy atom. The van der Waals surface area contributed by atoms with Gasteiger partial charge in [-0.25, -0.2) is 0 Å². The van der Waals surface area contributed by atoms with Crippen molar-refractivity contribution >= 4 is 59.3 Å². The third-order valence-electron chi connectivity index (χ3n) is 17.1. The lowest BCUT2D eigenvalue weighted by atomic mass is 9.27. The smallest absolute Gasteiger partial charge is 0.0555 e. The van der Waals surface area contributed by atoms with Crippen LogP contribution in [0.5, 0.6) is 0 Å². The number of rotatable bonds is 6. The van der Waals surface area contributed by atoms with E-state index in [2.05, 4.69) is 205 Å². The standard InChI is InChI=1S/C62H45NS/c1-2-13-40(14-3-1)45-20-10-15-41-16-11-21-49(59(41)45)48-18-5-8-23-53(48)63(54-24-12-26-56-60(54)50-19-6-9-25-55(50)64-56)44-30-27-39(28-31-44)42-29-32-47-46-17-4-7-22-51(46)62(52(47)35-42)57-34-38-33-43-36-58(62)61(43,57)37-38/h1-32,35,38,43,57-58H,33-34,36-37H2. The van der Waals surface area contributed by atoms with Crippen LogP contribution in [0.15, 0.2) is 200 Å². The van der Waals surface area contributed by atoms with Gasteiger partial charge in [-0.2, -0.15) is 0 Å². The van der Waals surface area contributed by atoms with Crippen LogP contribution >= 0.6 is 11.3 Å². The molecule has 4 fully saturated rings. The fourth-order valence-electron chi connectivity index (χ4n) is 15.0. The summed E-state index contributed by atoms with van der Waals surface area (Å²) >= 11 is 1.88. The molecule has 15 rings (SSSR count). The van der Waals surface area contributed by atoms with E-state index in [9.17, 15) is 0 Å². The largest absolute Gasteiger partial charge is 0.309 e. The van der Waals surface area contributed by atoms with E-state index in [4.69, 9.17) is 0 Å². The van der Waals surface area contributed by atoms with Crippen LogP contribution in [0.25, 0.3) is 75.5 Å². The highest BCUT2D eigenvalue weighted by Gasteiger charge is 2.84. The first-order valence-corrected chi connectivity index (χ1v) is 24.2. The van der Waals surface area contributed by atoms with Crippen molar-refractivity contribution in [2.45, 2.75) is 31.1 Å². The van der Waals surface area contributed by atoms with Crippen LogP contribution < -0.4 is 4.90 Å². The van der Waals surface area contributed by atoms with Crippen molar-refractivity contribution < 1.29 is 0 Å². The molecule has 304 valence electrons. The Labute approximate surface area is 378 Å². The van der Waals surface area contributed by atoms with Crippen LogP contribution in [0.3, 0.4) is 0 Å². The first-order valence-electron chi connectivity index (χ1n) is 23.4. The summed E-state index contributed by atoms with van der Waals surface area (Å²) in [6.45, 7) is 0. The van der Waals surface area contributed by atoms with E-state index < -0.39 is 0 Å². The average Bonchev–Trinajstić information content (AvgIpc) is 4.09. The first kappa shape index (κ1) is 35.7. The molecule has 0 saturated heterocycles. The van der Waals surface area contributed by atoms with Gasteiger partial charge in [0.15, 0.2) is 0 Å². The summed E-state index contributed by atoms with van der Waals surface area (Å²) in [6.07, 6.45) is 5.85. The van der Waals surface area contributed by atoms with Crippen LogP contribution in [0, 0.1) is 29.1 Å². The number of benzene rings is 9. The van der Waals surface area contributed by atoms with Crippen LogP contribution in [-0.4, -0.2) is 0 Å². The maximum absolute atomic E-state index is 2.63. The van der Waals surface area contributed by atoms with Gasteiger partial charge < -0.3 is 4.90 Å². The normalized spacial score (nSPS) is 24.1. The Balaban J connectivity index is 0.904. The fourth-order valence-corrected chi connectivity index (χ4v) is 16.1. The summed E-state index contributed by atoms with van der Waals surface area (Å²) in [7, 11) is 0. The Morgan fingerprint density at radius 2 is 1.11 bits per heavy atom. The minimum absolute atomic E-state index is 0.192. The molecule has 4 saturated carbocycles. The second-order valence-electron chi connectivity index (χ2n) is 19.6. The quantitative estimate of drug-likeness (QED) is 0.161. The molecule has 6 unspecified atom stereocenters. The lowest BCUT2D eigenvalue weighted by Crippen LogP contribution is -2.73. The summed E-state index contributed by atoms with van der Waals surface area (Å²) in [4.78, 5) is 2.54. The Morgan fingerprint density at radius 3 is 1.98 bits per heavy atom. The van der Waals surface area contributed by atoms with Crippen LogP contribution in [0.2, 0.25) is 0 Å². The molecule has 0 aliphatic heterocycles. The first-order chi connectivity index (χ1) is 31.7. The molecule has 2 heteroatoms. The number of hydrogen-bond donors (Lipinski definition) is 0. The van der Waals surface area contributed by atoms with E-state index in [0.29, 0.717) is 5.41 Å². The summed E-state index contributed by atoms with van der Waals surface area (Å²) in [5.41, 5.74) is 18.1. The molecule has 0 N–H and O–H groups in total. The van der Waals surface area contributed by atoms with Gasteiger partial charge in [-0.3, -0.25) is 0 Å². The van der Waals surface area contributed by atoms with Gasteiger partial charge >= 0.3 is 0 Å². The van der Waals surface area contributed by atoms with E-state index in [1.807, 2.05) is 11.3 Å². The van der Waals surface area contributed by atoms with Gasteiger partial charge in [0, 0.05) is 36.8 Å². The molecule has 5 aliphatic rings. The van der Waals surface area contributed by atoms with Gasteiger partial charge in [-0.05, 0) is 158 Å². The molecule has 1 aromatic heterocycles. The zero-order chi connectivity index (χ0) is 41.7. The number of hydrogen-bond acceptors (Lipinski definition) is 2. The molecule has 1 nitrogen and oxygen atoms in total. The van der Waals surface area contributed by atoms with E-state index in [1.165, 1.54) is 107 Å². The van der Waals surface area contributed by atoms with Crippen molar-refractivity contribution in [3.63, 3.8) is 0 Å². The number of fused-ring (bicyclic) bond motifs is 12. The van der Waals surface area contributed by atoms with Crippen molar-refractivity contribution in [3.8, 4) is 44.5 Å². The van der Waals surface area contributed by atoms with E-state index in [0.717, 1.165) is 35.0 Å². The highest BCUT2D eigenvalue weighted by atomic mass is 32.1. The summed E-state index contributed by atoms with van der Waals surface area (Å²) < 4.78 is 2.61. The predicted octanol–water partition coefficient (Wildman–Crippen LogP) is 17.0. The highest BCUT2D eigenvalue weighted by Crippen LogP contribution is 2.89. The van der Waals surface area contributed by atoms with Crippen LogP contribution in [0.4, 0.5) is 17.1 Å². The van der Waals surface area contributed by atoms with Gasteiger partial charge in [0.25, 0.3) is 0 Å². The zero-order valence-corrected chi connectivity index (χ0v) is 36.4. The highest BCUT2D eigenvalue weighted by molar-refractivity contribution is 7.26. The summed E-state index contributed by atoms with van der Waals surface area (Å²) in [6, 6.07) is 75.7. The van der Waals surface area contributed by atoms with Crippen molar-refractivity contribution in [3.05, 3.63) is 211 Å². The maximum Gasteiger partial charge on any atom is 0.0555 e. The number of para-hydroxylation sites is 1. The van der Waals surface area contributed by atoms with E-state index >= 15 is 0 Å². The Bertz CT molecular complexity index is 3560. The minimum Gasteiger partial charge on any atom is -0.309 e. The molecule has 0 amide bonds. The third kappa shape index (κ3) is 4.49. The molecule has 6 atom stereocenters. The second-order valence-corrected chi connectivity index (χ2v) is 20.7. The summed E-state index contributed by atoms with van der Waals surface area (Å²) in [5, 5.41) is 5.11. The van der Waals surface area contributed by atoms with Crippen molar-refractivity contribution in [1.82, 2.24) is 0 Å². The van der Waals surface area contributed by atoms with Gasteiger partial charge in [-0.15, -0.1) is 11.3 Å². The number of nitrogens with zero attached hydrogens (tertiary/aromatic N) is 1. The molecular formula is C62H45NS. The molecule has 64 heavy (non-hydrogen) atoms. The molecule has 9 aromatic carbocycles. The third-order valence-corrected chi connectivity index (χ3v) is 18.3. The van der Waals surface area contributed by atoms with Crippen LogP contribution in [0.1, 0.15) is 36.8 Å². The Hall–Kier alpha value is -6.74. The molecule has 2 bridgehead atoms. The lowest BCUT2D eigenvalue weighted by Gasteiger charge is -2.76. The van der Waals surface area contributed by atoms with Crippen molar-refractivity contribution in [2.75, 3.05) is 4.90 Å². The minimum atomic E-state index is 0.192. The monoisotopic (exact) mass is 835 g/mol. The molecule has 5 aliphatic carbocycles. The second kappa shape index (κ2) is 12.9. The number of anilines is 3. The van der Waals surface area contributed by atoms with E-state index in [-0.39, 0.29) is 5.41 Å². The average molecular weight is 836 g/mol. The van der Waals surface area contributed by atoms with Crippen molar-refractivity contribution in [1.29, 1.82) is 0 Å². The SMILES string of the molecule is c1ccc(-c2cccc3cccc(-c4ccccc4N(c4ccc(-c5ccc6c(c5)C5(c7ccccc7-6)C6CC7CC8CC5C86C7)cc4)c4cccc5sc6ccccc6c45)c23)cc1. The zero-order valence-electron chi connectivity index (χ0n) is 35.5. The van der Waals surface area contributed by atoms with Crippen LogP contribution in [-0.2, 0) is 5.41 Å². The molecule has 1 heterocycles. The van der Waals surface area contributed by atoms with Gasteiger partial charge in [0.1, 0.15) is 0 Å². The Kier molecular flexibility index (Phi) is 7.21. The maximum atomic E-state index is 2.63. The van der Waals surface area contributed by atoms with Gasteiger partial charge in [0.05, 0.1) is 11.4 Å². The fraction of sp³-hybridized carbons (Fsp3) is 0.161. The lowest BCUT2D eigenvalue weighted by molar-refractivity contribution is -0.231. The van der Waals surface area contributed by atoms with E-state index in [1.54, 1.807) is 11.1 Å². The van der Waals surface area contributed by atoms with Gasteiger partial charge in [0.2, 0.25) is 0 Å². The predicted molar refractivity (Wildman–Crippen MR) is 269 cm³/mol. The summed E-state index contributed by atoms with van der Waals surface area (Å²) in [5.74, 6) is 3.54. The molecule has 2 spiro atoms. The topological polar surface area (TPSA) is 3.24 Å².